The summed E-state index contributed by atoms with van der Waals surface area (Å²) in [6, 6.07) is 0. The lowest BCUT2D eigenvalue weighted by Crippen LogP contribution is -3.14. The summed E-state index contributed by atoms with van der Waals surface area (Å²) in [5.41, 5.74) is -1.37. The summed E-state index contributed by atoms with van der Waals surface area (Å²) in [5, 5.41) is 1.73. The highest BCUT2D eigenvalue weighted by Crippen LogP contribution is 2.26. The number of amides is 1. The molecule has 25 heavy (non-hydrogen) atoms. The Kier molecular flexibility index (Phi) is 5.93. The van der Waals surface area contributed by atoms with Crippen LogP contribution in [0.3, 0.4) is 0 Å². The van der Waals surface area contributed by atoms with E-state index in [1.165, 1.54) is 7.11 Å². The van der Waals surface area contributed by atoms with E-state index >= 15 is 0 Å². The van der Waals surface area contributed by atoms with Crippen LogP contribution in [0.25, 0.3) is 0 Å². The number of esters is 1. The van der Waals surface area contributed by atoms with Crippen LogP contribution in [0, 0.1) is 35.0 Å². The van der Waals surface area contributed by atoms with Crippen molar-refractivity contribution >= 4 is 17.6 Å². The zero-order valence-corrected chi connectivity index (χ0v) is 13.2. The van der Waals surface area contributed by atoms with E-state index in [0.29, 0.717) is 25.9 Å². The monoisotopic (exact) mass is 367 g/mol. The standard InChI is InChI=1S/C15H15F5N2O3/c1-25-15(24)7-2-4-22(5-3-7)6-8(23)21-14-12(19)10(17)9(16)11(18)13(14)20/h7H,2-6H2,1H3,(H,21,23)/p+1. The minimum Gasteiger partial charge on any atom is -0.469 e. The number of piperidine rings is 1. The smallest absolute Gasteiger partial charge is 0.309 e. The lowest BCUT2D eigenvalue weighted by molar-refractivity contribution is -0.897. The summed E-state index contributed by atoms with van der Waals surface area (Å²) >= 11 is 0. The highest BCUT2D eigenvalue weighted by molar-refractivity contribution is 5.91. The van der Waals surface area contributed by atoms with E-state index in [-0.39, 0.29) is 18.4 Å². The van der Waals surface area contributed by atoms with Gasteiger partial charge in [0, 0.05) is 12.8 Å². The van der Waals surface area contributed by atoms with Crippen LogP contribution in [0.1, 0.15) is 12.8 Å². The summed E-state index contributed by atoms with van der Waals surface area (Å²) in [6.07, 6.45) is 0.940. The van der Waals surface area contributed by atoms with Gasteiger partial charge in [-0.05, 0) is 0 Å². The fourth-order valence-corrected chi connectivity index (χ4v) is 2.73. The SMILES string of the molecule is COC(=O)C1CC[NH+](CC(=O)Nc2c(F)c(F)c(F)c(F)c2F)CC1. The highest BCUT2D eigenvalue weighted by atomic mass is 19.2. The van der Waals surface area contributed by atoms with Gasteiger partial charge in [-0.25, -0.2) is 22.0 Å². The number of hydrogen-bond acceptors (Lipinski definition) is 3. The lowest BCUT2D eigenvalue weighted by Gasteiger charge is -2.27. The first-order chi connectivity index (χ1) is 11.8. The van der Waals surface area contributed by atoms with Gasteiger partial charge in [-0.3, -0.25) is 9.59 Å². The third-order valence-corrected chi connectivity index (χ3v) is 4.11. The van der Waals surface area contributed by atoms with Crippen LogP contribution in [-0.4, -0.2) is 38.6 Å². The summed E-state index contributed by atoms with van der Waals surface area (Å²) in [5.74, 6) is -12.2. The number of nitrogens with one attached hydrogen (secondary N) is 2. The molecule has 1 fully saturated rings. The summed E-state index contributed by atoms with van der Waals surface area (Å²) in [4.78, 5) is 24.0. The molecular formula is C15H16F5N2O3+. The Hall–Kier alpha value is -2.23. The van der Waals surface area contributed by atoms with E-state index in [0.717, 1.165) is 4.90 Å². The molecule has 0 bridgehead atoms. The largest absolute Gasteiger partial charge is 0.469 e. The molecule has 2 N–H and O–H groups in total. The molecule has 1 aromatic rings. The summed E-state index contributed by atoms with van der Waals surface area (Å²) in [6.45, 7) is 0.641. The fraction of sp³-hybridized carbons (Fsp3) is 0.467. The summed E-state index contributed by atoms with van der Waals surface area (Å²) in [7, 11) is 1.28. The van der Waals surface area contributed by atoms with Crippen molar-refractivity contribution in [3.8, 4) is 0 Å². The second-order valence-electron chi connectivity index (χ2n) is 5.72. The van der Waals surface area contributed by atoms with Gasteiger partial charge in [0.15, 0.2) is 29.8 Å². The minimum absolute atomic E-state index is 0.229. The minimum atomic E-state index is -2.29. The van der Waals surface area contributed by atoms with Crippen LogP contribution in [0.2, 0.25) is 0 Å². The van der Waals surface area contributed by atoms with Crippen molar-refractivity contribution in [1.29, 1.82) is 0 Å². The van der Waals surface area contributed by atoms with Crippen molar-refractivity contribution in [3.63, 3.8) is 0 Å². The zero-order chi connectivity index (χ0) is 18.7. The van der Waals surface area contributed by atoms with Crippen molar-refractivity contribution in [2.75, 3.05) is 32.1 Å². The Morgan fingerprint density at radius 1 is 1.00 bits per heavy atom. The molecule has 0 atom stereocenters. The molecule has 1 saturated heterocycles. The molecule has 5 nitrogen and oxygen atoms in total. The Morgan fingerprint density at radius 2 is 1.48 bits per heavy atom. The second-order valence-corrected chi connectivity index (χ2v) is 5.72. The number of benzene rings is 1. The first-order valence-corrected chi connectivity index (χ1v) is 7.48. The van der Waals surface area contributed by atoms with Crippen molar-refractivity contribution in [1.82, 2.24) is 0 Å². The predicted molar refractivity (Wildman–Crippen MR) is 75.2 cm³/mol. The third-order valence-electron chi connectivity index (χ3n) is 4.11. The van der Waals surface area contributed by atoms with E-state index in [4.69, 9.17) is 0 Å². The molecule has 0 spiro atoms. The molecular weight excluding hydrogens is 351 g/mol. The number of hydrogen-bond donors (Lipinski definition) is 2. The maximum Gasteiger partial charge on any atom is 0.309 e. The van der Waals surface area contributed by atoms with Gasteiger partial charge in [-0.15, -0.1) is 0 Å². The molecule has 0 saturated carbocycles. The summed E-state index contributed by atoms with van der Waals surface area (Å²) < 4.78 is 70.8. The van der Waals surface area contributed by atoms with Gasteiger partial charge in [0.05, 0.1) is 26.1 Å². The number of carbonyl (C=O) groups excluding carboxylic acids is 2. The van der Waals surface area contributed by atoms with Gasteiger partial charge in [0.2, 0.25) is 5.82 Å². The number of carbonyl (C=O) groups is 2. The van der Waals surface area contributed by atoms with Gasteiger partial charge >= 0.3 is 5.97 Å². The van der Waals surface area contributed by atoms with Crippen LogP contribution >= 0.6 is 0 Å². The number of ether oxygens (including phenoxy) is 1. The number of likely N-dealkylation sites (tertiary alicyclic amines) is 1. The number of methoxy groups -OCH3 is 1. The van der Waals surface area contributed by atoms with E-state index in [1.54, 1.807) is 5.32 Å². The van der Waals surface area contributed by atoms with E-state index in [2.05, 4.69) is 4.74 Å². The number of anilines is 1. The normalized spacial score (nSPS) is 20.2. The lowest BCUT2D eigenvalue weighted by atomic mass is 9.97. The van der Waals surface area contributed by atoms with Crippen LogP contribution in [-0.2, 0) is 14.3 Å². The number of halogens is 5. The van der Waals surface area contributed by atoms with Crippen LogP contribution < -0.4 is 10.2 Å². The molecule has 1 aromatic carbocycles. The first kappa shape index (κ1) is 19.1. The van der Waals surface area contributed by atoms with Gasteiger partial charge in [0.25, 0.3) is 5.91 Å². The van der Waals surface area contributed by atoms with Crippen LogP contribution in [0.4, 0.5) is 27.6 Å². The molecule has 2 rings (SSSR count). The van der Waals surface area contributed by atoms with Gasteiger partial charge in [0.1, 0.15) is 5.69 Å². The van der Waals surface area contributed by atoms with Crippen molar-refractivity contribution in [2.45, 2.75) is 12.8 Å². The molecule has 0 aromatic heterocycles. The highest BCUT2D eigenvalue weighted by Gasteiger charge is 2.31. The van der Waals surface area contributed by atoms with Crippen molar-refractivity contribution < 1.29 is 41.2 Å². The third kappa shape index (κ3) is 4.06. The van der Waals surface area contributed by atoms with Gasteiger partial charge < -0.3 is 15.0 Å². The molecule has 0 unspecified atom stereocenters. The Bertz CT molecular complexity index is 661. The molecule has 138 valence electrons. The maximum atomic E-state index is 13.5. The Balaban J connectivity index is 1.99. The van der Waals surface area contributed by atoms with Crippen molar-refractivity contribution in [3.05, 3.63) is 29.1 Å². The first-order valence-electron chi connectivity index (χ1n) is 7.48. The predicted octanol–water partition coefficient (Wildman–Crippen LogP) is 0.788. The topological polar surface area (TPSA) is 59.8 Å². The maximum absolute atomic E-state index is 13.5. The molecule has 0 radical (unpaired) electrons. The molecule has 1 amide bonds. The molecule has 0 aliphatic carbocycles. The average molecular weight is 367 g/mol. The Labute approximate surface area is 139 Å². The quantitative estimate of drug-likeness (QED) is 0.358. The van der Waals surface area contributed by atoms with Crippen LogP contribution in [0.5, 0.6) is 0 Å². The van der Waals surface area contributed by atoms with E-state index in [1.807, 2.05) is 0 Å². The molecule has 1 aliphatic heterocycles. The average Bonchev–Trinajstić information content (AvgIpc) is 2.62. The molecule has 1 heterocycles. The molecule has 10 heteroatoms. The Morgan fingerprint density at radius 3 is 1.96 bits per heavy atom. The van der Waals surface area contributed by atoms with Crippen LogP contribution in [0.15, 0.2) is 0 Å². The van der Waals surface area contributed by atoms with Gasteiger partial charge in [-0.1, -0.05) is 0 Å². The second kappa shape index (κ2) is 7.77. The van der Waals surface area contributed by atoms with Gasteiger partial charge in [-0.2, -0.15) is 0 Å². The fourth-order valence-electron chi connectivity index (χ4n) is 2.73. The number of rotatable bonds is 4. The zero-order valence-electron chi connectivity index (χ0n) is 13.2. The van der Waals surface area contributed by atoms with E-state index < -0.39 is 40.7 Å². The van der Waals surface area contributed by atoms with E-state index in [9.17, 15) is 31.5 Å². The molecule has 1 aliphatic rings. The number of quaternary nitrogens is 1. The van der Waals surface area contributed by atoms with Crippen molar-refractivity contribution in [2.24, 2.45) is 5.92 Å².